The molecular weight excluding hydrogens is 460 g/mol. The molecule has 9 nitrogen and oxygen atoms in total. The second-order valence-corrected chi connectivity index (χ2v) is 8.01. The number of hydrogen-bond acceptors (Lipinski definition) is 6. The second-order valence-electron chi connectivity index (χ2n) is 8.01. The number of methoxy groups -OCH3 is 2. The van der Waals surface area contributed by atoms with Crippen LogP contribution < -0.4 is 19.7 Å². The molecule has 36 heavy (non-hydrogen) atoms. The van der Waals surface area contributed by atoms with Crippen molar-refractivity contribution in [1.29, 1.82) is 0 Å². The van der Waals surface area contributed by atoms with Crippen molar-refractivity contribution in [3.8, 4) is 28.3 Å². The zero-order valence-electron chi connectivity index (χ0n) is 19.8. The monoisotopic (exact) mass is 484 g/mol. The van der Waals surface area contributed by atoms with Crippen LogP contribution in [0.2, 0.25) is 0 Å². The number of nitrogens with zero attached hydrogens (tertiary/aromatic N) is 3. The Morgan fingerprint density at radius 2 is 1.72 bits per heavy atom. The van der Waals surface area contributed by atoms with Gasteiger partial charge < -0.3 is 19.5 Å². The maximum Gasteiger partial charge on any atom is 0.414 e. The lowest BCUT2D eigenvalue weighted by Gasteiger charge is -2.14. The minimum atomic E-state index is -0.407. The molecule has 0 aliphatic carbocycles. The number of carbonyl (C=O) groups excluding carboxylic acids is 2. The molecule has 0 bridgehead atoms. The number of para-hydroxylation sites is 1. The molecule has 1 aromatic heterocycles. The van der Waals surface area contributed by atoms with E-state index in [0.29, 0.717) is 41.6 Å². The van der Waals surface area contributed by atoms with E-state index in [2.05, 4.69) is 10.4 Å². The highest BCUT2D eigenvalue weighted by Crippen LogP contribution is 2.34. The first-order valence-electron chi connectivity index (χ1n) is 11.3. The molecule has 0 atom stereocenters. The number of aromatic nitrogens is 2. The number of ether oxygens (including phenoxy) is 3. The SMILES string of the molecule is COc1ccc(-c2cn(-c3ccccc3)nc2C(=O)Nc2cccc(N3CCOC3=O)c2)cc1OC. The molecule has 2 amide bonds. The quantitative estimate of drug-likeness (QED) is 0.406. The van der Waals surface area contributed by atoms with Gasteiger partial charge in [-0.15, -0.1) is 0 Å². The molecule has 1 N–H and O–H groups in total. The summed E-state index contributed by atoms with van der Waals surface area (Å²) in [6.45, 7) is 0.794. The molecule has 0 unspecified atom stereocenters. The van der Waals surface area contributed by atoms with Crippen LogP contribution >= 0.6 is 0 Å². The molecule has 4 aromatic rings. The summed E-state index contributed by atoms with van der Waals surface area (Å²) in [7, 11) is 3.13. The second kappa shape index (κ2) is 9.83. The predicted molar refractivity (Wildman–Crippen MR) is 135 cm³/mol. The lowest BCUT2D eigenvalue weighted by Crippen LogP contribution is -2.23. The first kappa shape index (κ1) is 23.0. The number of nitrogens with one attached hydrogen (secondary N) is 1. The van der Waals surface area contributed by atoms with E-state index < -0.39 is 12.0 Å². The smallest absolute Gasteiger partial charge is 0.414 e. The van der Waals surface area contributed by atoms with Gasteiger partial charge in [0.25, 0.3) is 5.91 Å². The van der Waals surface area contributed by atoms with E-state index >= 15 is 0 Å². The molecule has 0 radical (unpaired) electrons. The van der Waals surface area contributed by atoms with Crippen LogP contribution in [0.3, 0.4) is 0 Å². The number of rotatable bonds is 7. The van der Waals surface area contributed by atoms with Gasteiger partial charge in [-0.1, -0.05) is 30.3 Å². The topological polar surface area (TPSA) is 94.9 Å². The van der Waals surface area contributed by atoms with Crippen molar-refractivity contribution in [1.82, 2.24) is 9.78 Å². The minimum absolute atomic E-state index is 0.233. The Kier molecular flexibility index (Phi) is 6.27. The first-order chi connectivity index (χ1) is 17.6. The van der Waals surface area contributed by atoms with Gasteiger partial charge in [0.05, 0.1) is 26.5 Å². The number of hydrogen-bond donors (Lipinski definition) is 1. The highest BCUT2D eigenvalue weighted by molar-refractivity contribution is 6.07. The highest BCUT2D eigenvalue weighted by Gasteiger charge is 2.24. The summed E-state index contributed by atoms with van der Waals surface area (Å²) in [5.74, 6) is 0.731. The largest absolute Gasteiger partial charge is 0.493 e. The van der Waals surface area contributed by atoms with E-state index in [1.54, 1.807) is 49.2 Å². The molecule has 182 valence electrons. The Balaban J connectivity index is 1.52. The van der Waals surface area contributed by atoms with E-state index in [1.807, 2.05) is 48.7 Å². The van der Waals surface area contributed by atoms with Gasteiger partial charge in [-0.2, -0.15) is 5.10 Å². The van der Waals surface area contributed by atoms with Crippen molar-refractivity contribution in [2.75, 3.05) is 37.6 Å². The maximum absolute atomic E-state index is 13.5. The van der Waals surface area contributed by atoms with Gasteiger partial charge in [0.15, 0.2) is 17.2 Å². The van der Waals surface area contributed by atoms with E-state index in [0.717, 1.165) is 11.3 Å². The van der Waals surface area contributed by atoms with Gasteiger partial charge in [-0.25, -0.2) is 9.48 Å². The Hall–Kier alpha value is -4.79. The predicted octanol–water partition coefficient (Wildman–Crippen LogP) is 4.77. The van der Waals surface area contributed by atoms with Crippen LogP contribution in [0.1, 0.15) is 10.5 Å². The standard InChI is InChI=1S/C27H24N4O5/c1-34-23-12-11-18(15-24(23)35-2)22-17-31(20-8-4-3-5-9-20)29-25(22)26(32)28-19-7-6-10-21(16-19)30-13-14-36-27(30)33/h3-12,15-17H,13-14H2,1-2H3,(H,28,32). The van der Waals surface area contributed by atoms with Gasteiger partial charge in [-0.3, -0.25) is 9.69 Å². The molecule has 2 heterocycles. The number of anilines is 2. The number of cyclic esters (lactones) is 1. The lowest BCUT2D eigenvalue weighted by molar-refractivity contribution is 0.102. The molecule has 0 spiro atoms. The van der Waals surface area contributed by atoms with Crippen molar-refractivity contribution in [2.24, 2.45) is 0 Å². The summed E-state index contributed by atoms with van der Waals surface area (Å²) in [5, 5.41) is 7.52. The lowest BCUT2D eigenvalue weighted by atomic mass is 10.1. The number of carbonyl (C=O) groups is 2. The van der Waals surface area contributed by atoms with Gasteiger partial charge in [-0.05, 0) is 48.0 Å². The van der Waals surface area contributed by atoms with E-state index in [-0.39, 0.29) is 5.69 Å². The molecule has 3 aromatic carbocycles. The van der Waals surface area contributed by atoms with Crippen molar-refractivity contribution in [3.63, 3.8) is 0 Å². The summed E-state index contributed by atoms with van der Waals surface area (Å²) in [5.41, 5.74) is 3.59. The Bertz CT molecular complexity index is 1420. The van der Waals surface area contributed by atoms with Crippen molar-refractivity contribution in [2.45, 2.75) is 0 Å². The third kappa shape index (κ3) is 4.46. The van der Waals surface area contributed by atoms with Crippen molar-refractivity contribution in [3.05, 3.63) is 84.7 Å². The Labute approximate surface area is 207 Å². The van der Waals surface area contributed by atoms with Crippen LogP contribution in [0.4, 0.5) is 16.2 Å². The third-order valence-electron chi connectivity index (χ3n) is 5.82. The van der Waals surface area contributed by atoms with Gasteiger partial charge in [0.1, 0.15) is 6.61 Å². The summed E-state index contributed by atoms with van der Waals surface area (Å²) in [6.07, 6.45) is 1.40. The molecule has 5 rings (SSSR count). The molecule has 0 saturated carbocycles. The third-order valence-corrected chi connectivity index (χ3v) is 5.82. The van der Waals surface area contributed by atoms with Crippen LogP contribution in [0.15, 0.2) is 79.0 Å². The van der Waals surface area contributed by atoms with Crippen LogP contribution in [0, 0.1) is 0 Å². The summed E-state index contributed by atoms with van der Waals surface area (Å²) < 4.78 is 17.5. The molecule has 1 saturated heterocycles. The Morgan fingerprint density at radius 3 is 2.44 bits per heavy atom. The van der Waals surface area contributed by atoms with Crippen molar-refractivity contribution >= 4 is 23.4 Å². The van der Waals surface area contributed by atoms with Gasteiger partial charge >= 0.3 is 6.09 Å². The zero-order chi connectivity index (χ0) is 25.1. The van der Waals surface area contributed by atoms with Crippen LogP contribution in [-0.2, 0) is 4.74 Å². The fourth-order valence-corrected chi connectivity index (χ4v) is 4.04. The van der Waals surface area contributed by atoms with E-state index in [4.69, 9.17) is 14.2 Å². The van der Waals surface area contributed by atoms with Gasteiger partial charge in [0.2, 0.25) is 0 Å². The van der Waals surface area contributed by atoms with Gasteiger partial charge in [0, 0.05) is 23.1 Å². The summed E-state index contributed by atoms with van der Waals surface area (Å²) in [4.78, 5) is 27.0. The average molecular weight is 485 g/mol. The van der Waals surface area contributed by atoms with Crippen LogP contribution in [0.5, 0.6) is 11.5 Å². The molecular formula is C27H24N4O5. The number of amides is 2. The normalized spacial score (nSPS) is 12.8. The molecule has 1 aliphatic rings. The molecule has 1 fully saturated rings. The fourth-order valence-electron chi connectivity index (χ4n) is 4.04. The van der Waals surface area contributed by atoms with Crippen LogP contribution in [0.25, 0.3) is 16.8 Å². The first-order valence-corrected chi connectivity index (χ1v) is 11.3. The average Bonchev–Trinajstić information content (AvgIpc) is 3.56. The summed E-state index contributed by atoms with van der Waals surface area (Å²) >= 11 is 0. The number of benzene rings is 3. The fraction of sp³-hybridized carbons (Fsp3) is 0.148. The van der Waals surface area contributed by atoms with E-state index in [1.165, 1.54) is 4.90 Å². The van der Waals surface area contributed by atoms with Crippen molar-refractivity contribution < 1.29 is 23.8 Å². The molecule has 1 aliphatic heterocycles. The summed E-state index contributed by atoms with van der Waals surface area (Å²) in [6, 6.07) is 22.0. The highest BCUT2D eigenvalue weighted by atomic mass is 16.6. The zero-order valence-corrected chi connectivity index (χ0v) is 19.8. The Morgan fingerprint density at radius 1 is 0.944 bits per heavy atom. The molecule has 9 heteroatoms. The minimum Gasteiger partial charge on any atom is -0.493 e. The van der Waals surface area contributed by atoms with Crippen LogP contribution in [-0.4, -0.2) is 49.2 Å². The van der Waals surface area contributed by atoms with E-state index in [9.17, 15) is 9.59 Å². The maximum atomic E-state index is 13.5.